The van der Waals surface area contributed by atoms with Crippen molar-refractivity contribution < 1.29 is 0 Å². The maximum absolute atomic E-state index is 4.65. The van der Waals surface area contributed by atoms with Crippen molar-refractivity contribution in [3.05, 3.63) is 17.5 Å². The molecule has 1 aliphatic rings. The largest absolute Gasteiger partial charge is 0.269 e. The average Bonchev–Trinajstić information content (AvgIpc) is 2.61. The maximum Gasteiger partial charge on any atom is 0.0652 e. The molecule has 0 fully saturated rings. The van der Waals surface area contributed by atoms with E-state index in [1.807, 2.05) is 0 Å². The summed E-state index contributed by atoms with van der Waals surface area (Å²) in [4.78, 5) is 0. The third-order valence-electron chi connectivity index (χ3n) is 2.94. The second-order valence-corrected chi connectivity index (χ2v) is 5.10. The van der Waals surface area contributed by atoms with Gasteiger partial charge in [0.2, 0.25) is 0 Å². The fourth-order valence-electron chi connectivity index (χ4n) is 2.01. The summed E-state index contributed by atoms with van der Waals surface area (Å²) in [5.74, 6) is 4.97. The van der Waals surface area contributed by atoms with Crippen LogP contribution < -0.4 is 0 Å². The lowest BCUT2D eigenvalue weighted by Gasteiger charge is -2.19. The van der Waals surface area contributed by atoms with Gasteiger partial charge < -0.3 is 0 Å². The van der Waals surface area contributed by atoms with Gasteiger partial charge in [0.05, 0.1) is 5.69 Å². The molecule has 2 heterocycles. The molecule has 1 aliphatic heterocycles. The van der Waals surface area contributed by atoms with Crippen molar-refractivity contribution >= 4 is 22.2 Å². The van der Waals surface area contributed by atoms with Gasteiger partial charge in [-0.1, -0.05) is 13.8 Å². The van der Waals surface area contributed by atoms with Gasteiger partial charge >= 0.3 is 0 Å². The summed E-state index contributed by atoms with van der Waals surface area (Å²) >= 11 is 0. The van der Waals surface area contributed by atoms with Gasteiger partial charge in [-0.3, -0.25) is 4.68 Å². The Bertz CT molecular complexity index is 400. The average molecular weight is 222 g/mol. The number of rotatable bonds is 2. The van der Waals surface area contributed by atoms with Crippen LogP contribution in [0.5, 0.6) is 0 Å². The summed E-state index contributed by atoms with van der Waals surface area (Å²) in [7, 11) is 1.58. The lowest BCUT2D eigenvalue weighted by atomic mass is 10.00. The molecule has 2 nitrogen and oxygen atoms in total. The van der Waals surface area contributed by atoms with E-state index < -0.39 is 0 Å². The normalized spacial score (nSPS) is 20.1. The molecule has 1 atom stereocenters. The molecule has 0 bridgehead atoms. The minimum atomic E-state index is 0.535. The summed E-state index contributed by atoms with van der Waals surface area (Å²) in [6.07, 6.45) is 2.40. The van der Waals surface area contributed by atoms with E-state index in [4.69, 9.17) is 0 Å². The predicted octanol–water partition coefficient (Wildman–Crippen LogP) is 2.54. The molecule has 82 valence electrons. The van der Waals surface area contributed by atoms with Crippen LogP contribution >= 0.6 is 10.9 Å². The molecular weight excluding hydrogens is 204 g/mol. The Hall–Kier alpha value is -0.830. The van der Waals surface area contributed by atoms with Gasteiger partial charge in [-0.05, 0) is 36.1 Å². The van der Waals surface area contributed by atoms with Crippen molar-refractivity contribution in [1.82, 2.24) is 9.78 Å². The molecule has 0 saturated heterocycles. The van der Waals surface area contributed by atoms with Gasteiger partial charge in [0.25, 0.3) is 0 Å². The molecule has 1 aromatic rings. The second-order valence-electron chi connectivity index (χ2n) is 4.50. The number of nitrogens with zero attached hydrogens (tertiary/aromatic N) is 2. The summed E-state index contributed by atoms with van der Waals surface area (Å²) in [5.41, 5.74) is 2.63. The molecule has 3 heteroatoms. The molecular formula is C12H18N2S. The number of aryl methyl sites for hydroxylation is 1. The Balaban J connectivity index is 2.22. The van der Waals surface area contributed by atoms with Crippen molar-refractivity contribution in [3.8, 4) is 0 Å². The second kappa shape index (κ2) is 4.35. The van der Waals surface area contributed by atoms with Crippen LogP contribution in [0.1, 0.15) is 37.6 Å². The number of aromatic nitrogens is 2. The quantitative estimate of drug-likeness (QED) is 0.703. The predicted molar refractivity (Wildman–Crippen MR) is 68.9 cm³/mol. The lowest BCUT2D eigenvalue weighted by molar-refractivity contribution is 0.429. The van der Waals surface area contributed by atoms with Crippen LogP contribution in [-0.2, 0) is 13.0 Å². The van der Waals surface area contributed by atoms with Gasteiger partial charge in [-0.2, -0.15) is 16.0 Å². The fraction of sp³-hybridized carbons (Fsp3) is 0.583. The molecule has 0 spiro atoms. The van der Waals surface area contributed by atoms with E-state index in [1.54, 1.807) is 10.9 Å². The maximum atomic E-state index is 4.65. The highest BCUT2D eigenvalue weighted by Gasteiger charge is 2.19. The third kappa shape index (κ3) is 2.23. The van der Waals surface area contributed by atoms with Crippen molar-refractivity contribution in [1.29, 1.82) is 0 Å². The van der Waals surface area contributed by atoms with E-state index >= 15 is 0 Å². The van der Waals surface area contributed by atoms with Gasteiger partial charge in [0, 0.05) is 18.2 Å². The van der Waals surface area contributed by atoms with Gasteiger partial charge in [-0.25, -0.2) is 0 Å². The Morgan fingerprint density at radius 1 is 1.67 bits per heavy atom. The van der Waals surface area contributed by atoms with E-state index in [1.165, 1.54) is 17.8 Å². The molecule has 0 radical (unpaired) electrons. The standard InChI is InChI=1S/C12H18N2S/c1-9(2)12-6-11-5-4-10(8-15-3)7-14(11)13-12/h6,8-10H,3-5,7H2,1-2H3. The topological polar surface area (TPSA) is 17.8 Å². The first-order valence-corrected chi connectivity index (χ1v) is 6.56. The highest BCUT2D eigenvalue weighted by atomic mass is 32.1. The molecule has 0 saturated carbocycles. The van der Waals surface area contributed by atoms with Crippen molar-refractivity contribution in [2.75, 3.05) is 0 Å². The summed E-state index contributed by atoms with van der Waals surface area (Å²) < 4.78 is 2.18. The Morgan fingerprint density at radius 3 is 3.13 bits per heavy atom. The number of hydrogen-bond acceptors (Lipinski definition) is 1. The first-order chi connectivity index (χ1) is 7.20. The number of hydrogen-bond donors (Lipinski definition) is 0. The van der Waals surface area contributed by atoms with Crippen LogP contribution in [-0.4, -0.2) is 21.0 Å². The van der Waals surface area contributed by atoms with Gasteiger partial charge in [0.15, 0.2) is 0 Å². The van der Waals surface area contributed by atoms with Crippen molar-refractivity contribution in [2.45, 2.75) is 39.2 Å². The Kier molecular flexibility index (Phi) is 3.10. The monoisotopic (exact) mass is 222 g/mol. The minimum absolute atomic E-state index is 0.535. The summed E-state index contributed by atoms with van der Waals surface area (Å²) in [6, 6.07) is 2.26. The van der Waals surface area contributed by atoms with E-state index in [2.05, 4.69) is 40.9 Å². The van der Waals surface area contributed by atoms with Crippen LogP contribution in [0.2, 0.25) is 0 Å². The summed E-state index contributed by atoms with van der Waals surface area (Å²) in [5, 5.41) is 6.89. The smallest absolute Gasteiger partial charge is 0.0652 e. The van der Waals surface area contributed by atoms with E-state index in [0.717, 1.165) is 13.0 Å². The molecule has 0 aromatic carbocycles. The Morgan fingerprint density at radius 2 is 2.47 bits per heavy atom. The SMILES string of the molecule is C=S=CC1CCc2cc(C(C)C)nn2C1. The van der Waals surface area contributed by atoms with Crippen molar-refractivity contribution in [3.63, 3.8) is 0 Å². The van der Waals surface area contributed by atoms with Gasteiger partial charge in [-0.15, -0.1) is 0 Å². The highest BCUT2D eigenvalue weighted by molar-refractivity contribution is 7.94. The van der Waals surface area contributed by atoms with Crippen LogP contribution in [0.4, 0.5) is 0 Å². The lowest BCUT2D eigenvalue weighted by Crippen LogP contribution is -2.21. The first-order valence-electron chi connectivity index (χ1n) is 5.51. The molecule has 0 N–H and O–H groups in total. The molecule has 15 heavy (non-hydrogen) atoms. The zero-order chi connectivity index (χ0) is 10.8. The molecule has 1 unspecified atom stereocenters. The Labute approximate surface area is 94.8 Å². The molecule has 2 rings (SSSR count). The van der Waals surface area contributed by atoms with Gasteiger partial charge in [0.1, 0.15) is 0 Å². The first kappa shape index (κ1) is 10.7. The van der Waals surface area contributed by atoms with Crippen LogP contribution in [0.3, 0.4) is 0 Å². The van der Waals surface area contributed by atoms with Crippen molar-refractivity contribution in [2.24, 2.45) is 5.92 Å². The highest BCUT2D eigenvalue weighted by Crippen LogP contribution is 2.22. The molecule has 0 aliphatic carbocycles. The van der Waals surface area contributed by atoms with E-state index in [0.29, 0.717) is 11.8 Å². The molecule has 1 aromatic heterocycles. The fourth-order valence-corrected chi connectivity index (χ4v) is 2.51. The summed E-state index contributed by atoms with van der Waals surface area (Å²) in [6.45, 7) is 5.43. The van der Waals surface area contributed by atoms with Crippen LogP contribution in [0.15, 0.2) is 6.07 Å². The zero-order valence-corrected chi connectivity index (χ0v) is 10.3. The third-order valence-corrected chi connectivity index (χ3v) is 3.52. The van der Waals surface area contributed by atoms with Crippen LogP contribution in [0, 0.1) is 5.92 Å². The zero-order valence-electron chi connectivity index (χ0n) is 9.44. The minimum Gasteiger partial charge on any atom is -0.269 e. The van der Waals surface area contributed by atoms with E-state index in [-0.39, 0.29) is 0 Å². The molecule has 0 amide bonds. The number of fused-ring (bicyclic) bond motifs is 1. The van der Waals surface area contributed by atoms with E-state index in [9.17, 15) is 0 Å². The van der Waals surface area contributed by atoms with Crippen LogP contribution in [0.25, 0.3) is 0 Å².